The molecule has 0 bridgehead atoms. The first-order valence-corrected chi connectivity index (χ1v) is 12.1. The third kappa shape index (κ3) is 8.87. The topological polar surface area (TPSA) is 35.5 Å². The number of carbonyl (C=O) groups is 1. The highest BCUT2D eigenvalue weighted by Gasteiger charge is 2.31. The van der Waals surface area contributed by atoms with Crippen LogP contribution in [0, 0.1) is 17.8 Å². The van der Waals surface area contributed by atoms with Crippen LogP contribution in [0.1, 0.15) is 117 Å². The number of unbranched alkanes of at least 4 members (excludes halogenated alkanes) is 5. The van der Waals surface area contributed by atoms with Crippen molar-refractivity contribution in [2.75, 3.05) is 6.61 Å². The zero-order valence-electron chi connectivity index (χ0n) is 18.1. The highest BCUT2D eigenvalue weighted by atomic mass is 16.7. The van der Waals surface area contributed by atoms with Crippen LogP contribution in [0.5, 0.6) is 0 Å². The van der Waals surface area contributed by atoms with E-state index in [4.69, 9.17) is 9.47 Å². The normalized spacial score (nSPS) is 28.7. The van der Waals surface area contributed by atoms with Gasteiger partial charge in [0.05, 0.1) is 6.61 Å². The van der Waals surface area contributed by atoms with Gasteiger partial charge in [-0.15, -0.1) is 0 Å². The molecule has 27 heavy (non-hydrogen) atoms. The molecular formula is C24H44O3. The Morgan fingerprint density at radius 1 is 0.741 bits per heavy atom. The smallest absolute Gasteiger partial charge is 0.434 e. The van der Waals surface area contributed by atoms with Crippen molar-refractivity contribution in [2.24, 2.45) is 17.8 Å². The number of carbonyl (C=O) groups excluding carboxylic acids is 1. The summed E-state index contributed by atoms with van der Waals surface area (Å²) in [5, 5.41) is 0. The zero-order valence-corrected chi connectivity index (χ0v) is 18.1. The maximum Gasteiger partial charge on any atom is 0.508 e. The van der Waals surface area contributed by atoms with Gasteiger partial charge in [-0.05, 0) is 62.7 Å². The Labute approximate surface area is 168 Å². The van der Waals surface area contributed by atoms with E-state index in [2.05, 4.69) is 13.8 Å². The Kier molecular flexibility index (Phi) is 11.2. The quantitative estimate of drug-likeness (QED) is 0.272. The van der Waals surface area contributed by atoms with Gasteiger partial charge in [-0.2, -0.15) is 0 Å². The standard InChI is InChI=1S/C24H44O3/c1-3-5-6-7-8-9-19-26-24(25)27-23-17-15-22(16-18-23)21-13-11-20(10-4-2)12-14-21/h20-23H,3-19H2,1-2H3. The van der Waals surface area contributed by atoms with Crippen molar-refractivity contribution >= 4 is 6.16 Å². The first kappa shape index (κ1) is 22.6. The molecule has 0 aliphatic heterocycles. The molecule has 0 aromatic rings. The SMILES string of the molecule is CCCCCCCCOC(=O)OC1CCC(C2CCC(CCC)CC2)CC1. The van der Waals surface area contributed by atoms with Crippen LogP contribution in [0.15, 0.2) is 0 Å². The van der Waals surface area contributed by atoms with E-state index in [0.717, 1.165) is 43.4 Å². The van der Waals surface area contributed by atoms with Gasteiger partial charge < -0.3 is 9.47 Å². The van der Waals surface area contributed by atoms with Crippen LogP contribution in [0.25, 0.3) is 0 Å². The van der Waals surface area contributed by atoms with Crippen LogP contribution < -0.4 is 0 Å². The van der Waals surface area contributed by atoms with Crippen molar-refractivity contribution in [3.63, 3.8) is 0 Å². The third-order valence-corrected chi connectivity index (χ3v) is 6.95. The summed E-state index contributed by atoms with van der Waals surface area (Å²) in [7, 11) is 0. The molecule has 0 amide bonds. The molecule has 0 atom stereocenters. The number of ether oxygens (including phenoxy) is 2. The van der Waals surface area contributed by atoms with E-state index < -0.39 is 6.16 Å². The minimum Gasteiger partial charge on any atom is -0.434 e. The van der Waals surface area contributed by atoms with Crippen LogP contribution in [0.4, 0.5) is 4.79 Å². The van der Waals surface area contributed by atoms with E-state index in [0.29, 0.717) is 6.61 Å². The molecule has 0 aromatic heterocycles. The Morgan fingerprint density at radius 3 is 1.96 bits per heavy atom. The van der Waals surface area contributed by atoms with E-state index in [1.807, 2.05) is 0 Å². The molecule has 0 spiro atoms. The predicted molar refractivity (Wildman–Crippen MR) is 112 cm³/mol. The van der Waals surface area contributed by atoms with Crippen LogP contribution in [0.2, 0.25) is 0 Å². The lowest BCUT2D eigenvalue weighted by Gasteiger charge is -2.37. The molecule has 3 nitrogen and oxygen atoms in total. The minimum absolute atomic E-state index is 0.0923. The fourth-order valence-electron chi connectivity index (χ4n) is 5.24. The molecule has 0 unspecified atom stereocenters. The van der Waals surface area contributed by atoms with E-state index in [1.165, 1.54) is 77.0 Å². The maximum absolute atomic E-state index is 11.9. The molecule has 2 rings (SSSR count). The molecule has 0 N–H and O–H groups in total. The molecule has 0 saturated heterocycles. The average Bonchev–Trinajstić information content (AvgIpc) is 2.69. The molecule has 2 aliphatic carbocycles. The molecule has 2 saturated carbocycles. The van der Waals surface area contributed by atoms with Crippen molar-refractivity contribution in [2.45, 2.75) is 123 Å². The first-order valence-electron chi connectivity index (χ1n) is 12.1. The van der Waals surface area contributed by atoms with Crippen molar-refractivity contribution in [1.29, 1.82) is 0 Å². The van der Waals surface area contributed by atoms with Crippen molar-refractivity contribution < 1.29 is 14.3 Å². The van der Waals surface area contributed by atoms with E-state index >= 15 is 0 Å². The number of rotatable bonds is 11. The zero-order chi connectivity index (χ0) is 19.3. The summed E-state index contributed by atoms with van der Waals surface area (Å²) in [4.78, 5) is 11.9. The van der Waals surface area contributed by atoms with Crippen molar-refractivity contribution in [1.82, 2.24) is 0 Å². The molecule has 2 fully saturated rings. The lowest BCUT2D eigenvalue weighted by Crippen LogP contribution is -2.30. The van der Waals surface area contributed by atoms with Crippen LogP contribution >= 0.6 is 0 Å². The second-order valence-electron chi connectivity index (χ2n) is 9.09. The predicted octanol–water partition coefficient (Wildman–Crippen LogP) is 7.67. The van der Waals surface area contributed by atoms with Gasteiger partial charge in [0.2, 0.25) is 0 Å². The van der Waals surface area contributed by atoms with Gasteiger partial charge in [0, 0.05) is 0 Å². The highest BCUT2D eigenvalue weighted by Crippen LogP contribution is 2.41. The average molecular weight is 381 g/mol. The number of hydrogen-bond acceptors (Lipinski definition) is 3. The summed E-state index contributed by atoms with van der Waals surface area (Å²) in [5.74, 6) is 2.79. The molecule has 3 heteroatoms. The molecule has 0 heterocycles. The minimum atomic E-state index is -0.438. The molecule has 0 aromatic carbocycles. The Balaban J connectivity index is 1.51. The fraction of sp³-hybridized carbons (Fsp3) is 0.958. The van der Waals surface area contributed by atoms with Gasteiger partial charge in [-0.1, -0.05) is 71.6 Å². The van der Waals surface area contributed by atoms with Crippen molar-refractivity contribution in [3.8, 4) is 0 Å². The van der Waals surface area contributed by atoms with Gasteiger partial charge in [-0.3, -0.25) is 0 Å². The van der Waals surface area contributed by atoms with Crippen molar-refractivity contribution in [3.05, 3.63) is 0 Å². The summed E-state index contributed by atoms with van der Waals surface area (Å²) in [6.45, 7) is 5.05. The second-order valence-corrected chi connectivity index (χ2v) is 9.09. The van der Waals surface area contributed by atoms with Gasteiger partial charge >= 0.3 is 6.16 Å². The third-order valence-electron chi connectivity index (χ3n) is 6.95. The fourth-order valence-corrected chi connectivity index (χ4v) is 5.24. The Hall–Kier alpha value is -0.730. The van der Waals surface area contributed by atoms with E-state index in [1.54, 1.807) is 0 Å². The summed E-state index contributed by atoms with van der Waals surface area (Å²) in [6, 6.07) is 0. The molecule has 2 aliphatic rings. The Bertz CT molecular complexity index is 379. The highest BCUT2D eigenvalue weighted by molar-refractivity contribution is 5.60. The first-order chi connectivity index (χ1) is 13.2. The second kappa shape index (κ2) is 13.4. The van der Waals surface area contributed by atoms with Crippen LogP contribution in [0.3, 0.4) is 0 Å². The lowest BCUT2D eigenvalue weighted by molar-refractivity contribution is -0.000995. The van der Waals surface area contributed by atoms with Gasteiger partial charge in [0.1, 0.15) is 6.10 Å². The van der Waals surface area contributed by atoms with Crippen LogP contribution in [-0.4, -0.2) is 18.9 Å². The van der Waals surface area contributed by atoms with Crippen LogP contribution in [-0.2, 0) is 9.47 Å². The van der Waals surface area contributed by atoms with Gasteiger partial charge in [0.25, 0.3) is 0 Å². The number of hydrogen-bond donors (Lipinski definition) is 0. The summed E-state index contributed by atoms with van der Waals surface area (Å²) >= 11 is 0. The monoisotopic (exact) mass is 380 g/mol. The largest absolute Gasteiger partial charge is 0.508 e. The summed E-state index contributed by atoms with van der Waals surface area (Å²) < 4.78 is 10.8. The summed E-state index contributed by atoms with van der Waals surface area (Å²) in [5.41, 5.74) is 0. The van der Waals surface area contributed by atoms with E-state index in [-0.39, 0.29) is 6.10 Å². The molecule has 0 radical (unpaired) electrons. The summed E-state index contributed by atoms with van der Waals surface area (Å²) in [6.07, 6.45) is 19.9. The van der Waals surface area contributed by atoms with Gasteiger partial charge in [-0.25, -0.2) is 4.79 Å². The molecular weight excluding hydrogens is 336 g/mol. The Morgan fingerprint density at radius 2 is 1.33 bits per heavy atom. The maximum atomic E-state index is 11.9. The molecule has 158 valence electrons. The van der Waals surface area contributed by atoms with Gasteiger partial charge in [0.15, 0.2) is 0 Å². The van der Waals surface area contributed by atoms with E-state index in [9.17, 15) is 4.79 Å². The lowest BCUT2D eigenvalue weighted by atomic mass is 9.70.